The zero-order valence-electron chi connectivity index (χ0n) is 13.5. The Morgan fingerprint density at radius 3 is 2.48 bits per heavy atom. The van der Waals surface area contributed by atoms with Crippen molar-refractivity contribution in [3.63, 3.8) is 0 Å². The second-order valence-electron chi connectivity index (χ2n) is 5.41. The van der Waals surface area contributed by atoms with E-state index in [9.17, 15) is 14.9 Å². The van der Waals surface area contributed by atoms with Crippen LogP contribution in [0.3, 0.4) is 0 Å². The predicted molar refractivity (Wildman–Crippen MR) is 97.5 cm³/mol. The number of hydrogen-bond donors (Lipinski definition) is 1. The van der Waals surface area contributed by atoms with Crippen molar-refractivity contribution in [2.75, 3.05) is 4.90 Å². The van der Waals surface area contributed by atoms with Crippen LogP contribution in [0.4, 0.5) is 11.5 Å². The van der Waals surface area contributed by atoms with Crippen molar-refractivity contribution in [2.45, 2.75) is 0 Å². The third-order valence-electron chi connectivity index (χ3n) is 3.74. The molecule has 1 fully saturated rings. The molecule has 4 rings (SSSR count). The second-order valence-corrected chi connectivity index (χ2v) is 6.44. The third-order valence-corrected chi connectivity index (χ3v) is 4.63. The second kappa shape index (κ2) is 6.53. The molecule has 0 saturated carbocycles. The van der Waals surface area contributed by atoms with E-state index in [4.69, 9.17) is 10.0 Å². The number of aromatic nitrogens is 3. The van der Waals surface area contributed by atoms with Gasteiger partial charge in [-0.3, -0.25) is 20.3 Å². The highest BCUT2D eigenvalue weighted by atomic mass is 32.2. The summed E-state index contributed by atoms with van der Waals surface area (Å²) in [6, 6.07) is 9.34. The first kappa shape index (κ1) is 16.7. The van der Waals surface area contributed by atoms with E-state index in [1.807, 2.05) is 0 Å². The molecule has 11 heteroatoms. The average Bonchev–Trinajstić information content (AvgIpc) is 3.37. The van der Waals surface area contributed by atoms with Gasteiger partial charge in [0, 0.05) is 24.5 Å². The van der Waals surface area contributed by atoms with Crippen molar-refractivity contribution < 1.29 is 14.3 Å². The molecular formula is C16H10N6O4S. The SMILES string of the molecule is N=C1SC(=Cc2ccc([N+](=O)[O-])cc2)C(=O)N1c1nonc1-n1cccc1. The molecule has 1 aliphatic heterocycles. The highest BCUT2D eigenvalue weighted by Gasteiger charge is 2.37. The standard InChI is InChI=1S/C16H10N6O4S/c17-16-21(14-13(18-26-19-14)20-7-1-2-8-20)15(23)12(27-16)9-10-3-5-11(6-4-10)22(24)25/h1-9,17H. The van der Waals surface area contributed by atoms with Crippen LogP contribution in [0.15, 0.2) is 58.3 Å². The van der Waals surface area contributed by atoms with Crippen LogP contribution in [0.5, 0.6) is 0 Å². The van der Waals surface area contributed by atoms with Crippen LogP contribution >= 0.6 is 11.8 Å². The van der Waals surface area contributed by atoms with Crippen molar-refractivity contribution in [1.82, 2.24) is 14.9 Å². The summed E-state index contributed by atoms with van der Waals surface area (Å²) in [4.78, 5) is 24.4. The number of anilines is 1. The van der Waals surface area contributed by atoms with Crippen LogP contribution in [0, 0.1) is 15.5 Å². The molecule has 0 spiro atoms. The number of benzene rings is 1. The van der Waals surface area contributed by atoms with E-state index < -0.39 is 10.8 Å². The lowest BCUT2D eigenvalue weighted by molar-refractivity contribution is -0.384. The van der Waals surface area contributed by atoms with Gasteiger partial charge >= 0.3 is 0 Å². The predicted octanol–water partition coefficient (Wildman–Crippen LogP) is 2.82. The summed E-state index contributed by atoms with van der Waals surface area (Å²) in [5.74, 6) is -0.0523. The maximum Gasteiger partial charge on any atom is 0.272 e. The summed E-state index contributed by atoms with van der Waals surface area (Å²) >= 11 is 0.960. The molecule has 1 aliphatic rings. The Morgan fingerprint density at radius 2 is 1.81 bits per heavy atom. The van der Waals surface area contributed by atoms with Crippen LogP contribution in [-0.4, -0.2) is 30.9 Å². The first-order valence-electron chi connectivity index (χ1n) is 7.57. The van der Waals surface area contributed by atoms with Crippen LogP contribution in [-0.2, 0) is 4.79 Å². The molecule has 1 saturated heterocycles. The first-order valence-corrected chi connectivity index (χ1v) is 8.39. The van der Waals surface area contributed by atoms with Gasteiger partial charge in [0.2, 0.25) is 11.6 Å². The maximum absolute atomic E-state index is 12.8. The Morgan fingerprint density at radius 1 is 1.15 bits per heavy atom. The van der Waals surface area contributed by atoms with Crippen LogP contribution < -0.4 is 4.90 Å². The van der Waals surface area contributed by atoms with Crippen molar-refractivity contribution >= 4 is 40.4 Å². The van der Waals surface area contributed by atoms with E-state index in [0.717, 1.165) is 16.7 Å². The minimum atomic E-state index is -0.496. The lowest BCUT2D eigenvalue weighted by Crippen LogP contribution is -2.29. The summed E-state index contributed by atoms with van der Waals surface area (Å²) in [6.07, 6.45) is 5.00. The molecule has 3 aromatic rings. The van der Waals surface area contributed by atoms with Crippen molar-refractivity contribution in [3.8, 4) is 5.82 Å². The van der Waals surface area contributed by atoms with Crippen molar-refractivity contribution in [2.24, 2.45) is 0 Å². The first-order chi connectivity index (χ1) is 13.0. The molecule has 1 N–H and O–H groups in total. The highest BCUT2D eigenvalue weighted by molar-refractivity contribution is 8.19. The molecule has 27 heavy (non-hydrogen) atoms. The summed E-state index contributed by atoms with van der Waals surface area (Å²) in [5, 5.41) is 26.4. The van der Waals surface area contributed by atoms with Crippen LogP contribution in [0.2, 0.25) is 0 Å². The molecule has 0 unspecified atom stereocenters. The molecule has 0 radical (unpaired) electrons. The number of non-ortho nitro benzene ring substituents is 1. The normalized spacial score (nSPS) is 15.7. The maximum atomic E-state index is 12.8. The van der Waals surface area contributed by atoms with Crippen LogP contribution in [0.25, 0.3) is 11.9 Å². The van der Waals surface area contributed by atoms with E-state index in [0.29, 0.717) is 5.56 Å². The van der Waals surface area contributed by atoms with E-state index in [-0.39, 0.29) is 27.4 Å². The van der Waals surface area contributed by atoms with Gasteiger partial charge in [-0.1, -0.05) is 0 Å². The van der Waals surface area contributed by atoms with Crippen LogP contribution in [0.1, 0.15) is 5.56 Å². The number of amidine groups is 1. The van der Waals surface area contributed by atoms with Gasteiger partial charge in [0.25, 0.3) is 11.6 Å². The molecule has 0 bridgehead atoms. The molecule has 3 heterocycles. The van der Waals surface area contributed by atoms with Gasteiger partial charge in [-0.25, -0.2) is 9.53 Å². The van der Waals surface area contributed by atoms with Crippen molar-refractivity contribution in [3.05, 3.63) is 69.4 Å². The smallest absolute Gasteiger partial charge is 0.272 e. The van der Waals surface area contributed by atoms with Gasteiger partial charge in [0.1, 0.15) is 0 Å². The Bertz CT molecular complexity index is 1070. The number of thioether (sulfide) groups is 1. The number of rotatable bonds is 4. The number of hydrogen-bond acceptors (Lipinski definition) is 8. The largest absolute Gasteiger partial charge is 0.303 e. The van der Waals surface area contributed by atoms with E-state index in [1.165, 1.54) is 24.3 Å². The summed E-state index contributed by atoms with van der Waals surface area (Å²) < 4.78 is 6.38. The zero-order chi connectivity index (χ0) is 19.0. The van der Waals surface area contributed by atoms with Gasteiger partial charge in [-0.2, -0.15) is 0 Å². The van der Waals surface area contributed by atoms with Gasteiger partial charge < -0.3 is 4.57 Å². The quantitative estimate of drug-likeness (QED) is 0.417. The van der Waals surface area contributed by atoms with E-state index in [1.54, 1.807) is 35.2 Å². The topological polar surface area (TPSA) is 131 Å². The zero-order valence-corrected chi connectivity index (χ0v) is 14.3. The van der Waals surface area contributed by atoms with Gasteiger partial charge in [-0.05, 0) is 58.0 Å². The average molecular weight is 382 g/mol. The minimum Gasteiger partial charge on any atom is -0.303 e. The Hall–Kier alpha value is -3.73. The Kier molecular flexibility index (Phi) is 4.05. The third kappa shape index (κ3) is 3.00. The number of nitrogens with zero attached hydrogens (tertiary/aromatic N) is 5. The summed E-state index contributed by atoms with van der Waals surface area (Å²) in [7, 11) is 0. The van der Waals surface area contributed by atoms with E-state index in [2.05, 4.69) is 10.3 Å². The number of nitrogens with one attached hydrogen (secondary N) is 1. The monoisotopic (exact) mass is 382 g/mol. The van der Waals surface area contributed by atoms with Gasteiger partial charge in [-0.15, -0.1) is 0 Å². The minimum absolute atomic E-state index is 0.0399. The van der Waals surface area contributed by atoms with Crippen molar-refractivity contribution in [1.29, 1.82) is 5.41 Å². The van der Waals surface area contributed by atoms with Gasteiger partial charge in [0.05, 0.1) is 9.83 Å². The number of nitro benzene ring substituents is 1. The summed E-state index contributed by atoms with van der Waals surface area (Å²) in [6.45, 7) is 0. The summed E-state index contributed by atoms with van der Waals surface area (Å²) in [5.41, 5.74) is 0.567. The fraction of sp³-hybridized carbons (Fsp3) is 0. The Labute approximate surface area is 155 Å². The number of amides is 1. The molecule has 2 aromatic heterocycles. The molecule has 0 aliphatic carbocycles. The van der Waals surface area contributed by atoms with Gasteiger partial charge in [0.15, 0.2) is 5.17 Å². The fourth-order valence-electron chi connectivity index (χ4n) is 2.48. The molecule has 134 valence electrons. The molecule has 0 atom stereocenters. The van der Waals surface area contributed by atoms with E-state index >= 15 is 0 Å². The number of carbonyl (C=O) groups is 1. The number of nitro groups is 1. The molecule has 10 nitrogen and oxygen atoms in total. The lowest BCUT2D eigenvalue weighted by Gasteiger charge is -2.11. The molecule has 1 aromatic carbocycles. The fourth-order valence-corrected chi connectivity index (χ4v) is 3.32. The highest BCUT2D eigenvalue weighted by Crippen LogP contribution is 2.36. The lowest BCUT2D eigenvalue weighted by atomic mass is 10.2. The molecule has 1 amide bonds. The molecular weight excluding hydrogens is 372 g/mol. The Balaban J connectivity index is 1.65. The number of carbonyl (C=O) groups excluding carboxylic acids is 1.